The van der Waals surface area contributed by atoms with Gasteiger partial charge in [-0.2, -0.15) is 0 Å². The molecule has 1 fully saturated rings. The zero-order valence-corrected chi connectivity index (χ0v) is 15.6. The number of halogens is 1. The van der Waals surface area contributed by atoms with Gasteiger partial charge in [0.1, 0.15) is 0 Å². The molecule has 1 aliphatic heterocycles. The molecule has 0 atom stereocenters. The summed E-state index contributed by atoms with van der Waals surface area (Å²) in [5, 5.41) is 12.7. The Morgan fingerprint density at radius 1 is 1.19 bits per heavy atom. The predicted molar refractivity (Wildman–Crippen MR) is 101 cm³/mol. The second kappa shape index (κ2) is 8.23. The summed E-state index contributed by atoms with van der Waals surface area (Å²) in [7, 11) is 0. The molecule has 1 amide bonds. The normalized spacial score (nSPS) is 19.3. The van der Waals surface area contributed by atoms with E-state index in [0.717, 1.165) is 18.4 Å². The second-order valence-electron chi connectivity index (χ2n) is 7.41. The fraction of sp³-hybridized carbons (Fsp3) is 0.500. The number of rotatable bonds is 7. The number of nitrogens with zero attached hydrogens (tertiary/aromatic N) is 1. The number of carboxylic acid groups (broad SMARTS) is 1. The number of hydrogen-bond acceptors (Lipinski definition) is 3. The summed E-state index contributed by atoms with van der Waals surface area (Å²) in [5.41, 5.74) is 1.77. The lowest BCUT2D eigenvalue weighted by molar-refractivity contribution is -0.150. The third kappa shape index (κ3) is 4.65. The molecule has 3 rings (SSSR count). The van der Waals surface area contributed by atoms with E-state index in [1.807, 2.05) is 24.3 Å². The molecule has 1 aromatic rings. The van der Waals surface area contributed by atoms with Crippen LogP contribution in [-0.2, 0) is 16.0 Å². The molecule has 0 radical (unpaired) electrons. The van der Waals surface area contributed by atoms with Gasteiger partial charge in [0.15, 0.2) is 0 Å². The third-order valence-corrected chi connectivity index (χ3v) is 5.46. The van der Waals surface area contributed by atoms with E-state index in [9.17, 15) is 9.59 Å². The van der Waals surface area contributed by atoms with Crippen molar-refractivity contribution in [2.75, 3.05) is 26.2 Å². The summed E-state index contributed by atoms with van der Waals surface area (Å²) in [4.78, 5) is 25.7. The van der Waals surface area contributed by atoms with Crippen molar-refractivity contribution in [3.8, 4) is 0 Å². The minimum absolute atomic E-state index is 0.0144. The van der Waals surface area contributed by atoms with E-state index >= 15 is 0 Å². The van der Waals surface area contributed by atoms with Crippen LogP contribution >= 0.6 is 11.6 Å². The van der Waals surface area contributed by atoms with Crippen LogP contribution in [0.1, 0.15) is 31.2 Å². The molecule has 1 aliphatic carbocycles. The number of carbonyl (C=O) groups excluding carboxylic acids is 1. The van der Waals surface area contributed by atoms with E-state index < -0.39 is 11.4 Å². The van der Waals surface area contributed by atoms with Gasteiger partial charge in [-0.3, -0.25) is 14.5 Å². The molecular formula is C20H25ClN2O3. The number of carboxylic acids is 1. The van der Waals surface area contributed by atoms with Gasteiger partial charge in [0.2, 0.25) is 5.91 Å². The van der Waals surface area contributed by atoms with Gasteiger partial charge in [-0.1, -0.05) is 35.4 Å². The summed E-state index contributed by atoms with van der Waals surface area (Å²) in [5.74, 6) is -0.849. The third-order valence-electron chi connectivity index (χ3n) is 5.21. The summed E-state index contributed by atoms with van der Waals surface area (Å²) in [6, 6.07) is 7.51. The molecule has 2 aliphatic rings. The van der Waals surface area contributed by atoms with Crippen LogP contribution in [0.3, 0.4) is 0 Å². The number of amides is 1. The first kappa shape index (κ1) is 18.9. The topological polar surface area (TPSA) is 69.6 Å². The average Bonchev–Trinajstić information content (AvgIpc) is 2.60. The van der Waals surface area contributed by atoms with E-state index in [2.05, 4.69) is 11.4 Å². The van der Waals surface area contributed by atoms with Crippen LogP contribution in [0, 0.1) is 5.41 Å². The van der Waals surface area contributed by atoms with Crippen LogP contribution in [0.4, 0.5) is 0 Å². The lowest BCUT2D eigenvalue weighted by atomic mass is 9.73. The molecule has 2 N–H and O–H groups in total. The zero-order chi connectivity index (χ0) is 18.6. The molecule has 140 valence electrons. The van der Waals surface area contributed by atoms with Crippen molar-refractivity contribution in [2.45, 2.75) is 32.1 Å². The minimum atomic E-state index is -0.863. The lowest BCUT2D eigenvalue weighted by Gasteiger charge is -2.48. The Balaban J connectivity index is 1.66. The first-order valence-corrected chi connectivity index (χ1v) is 9.49. The summed E-state index contributed by atoms with van der Waals surface area (Å²) in [6.07, 6.45) is 7.37. The van der Waals surface area contributed by atoms with E-state index in [1.165, 1.54) is 18.4 Å². The number of nitrogens with one attached hydrogen (secondary N) is 1. The van der Waals surface area contributed by atoms with Gasteiger partial charge in [0.25, 0.3) is 0 Å². The van der Waals surface area contributed by atoms with E-state index in [0.29, 0.717) is 31.1 Å². The fourth-order valence-electron chi connectivity index (χ4n) is 3.89. The van der Waals surface area contributed by atoms with E-state index in [4.69, 9.17) is 16.7 Å². The second-order valence-corrected chi connectivity index (χ2v) is 7.85. The fourth-order valence-corrected chi connectivity index (χ4v) is 4.01. The molecule has 1 aromatic carbocycles. The van der Waals surface area contributed by atoms with Crippen LogP contribution in [0.2, 0.25) is 5.02 Å². The maximum atomic E-state index is 13.0. The minimum Gasteiger partial charge on any atom is -0.480 e. The first-order chi connectivity index (χ1) is 12.5. The first-order valence-electron chi connectivity index (χ1n) is 9.12. The summed E-state index contributed by atoms with van der Waals surface area (Å²) in [6.45, 7) is 1.50. The molecule has 0 spiro atoms. The number of carbonyl (C=O) groups is 2. The highest BCUT2D eigenvalue weighted by Gasteiger charge is 2.49. The molecule has 26 heavy (non-hydrogen) atoms. The number of aliphatic carboxylic acids is 1. The van der Waals surface area contributed by atoms with Gasteiger partial charge in [-0.25, -0.2) is 0 Å². The van der Waals surface area contributed by atoms with Crippen molar-refractivity contribution >= 4 is 23.5 Å². The Morgan fingerprint density at radius 2 is 1.92 bits per heavy atom. The summed E-state index contributed by atoms with van der Waals surface area (Å²) >= 11 is 5.95. The van der Waals surface area contributed by atoms with Crippen molar-refractivity contribution in [2.24, 2.45) is 5.41 Å². The molecule has 0 unspecified atom stereocenters. The maximum absolute atomic E-state index is 13.0. The Morgan fingerprint density at radius 3 is 2.54 bits per heavy atom. The van der Waals surface area contributed by atoms with Crippen LogP contribution in [-0.4, -0.2) is 48.1 Å². The van der Waals surface area contributed by atoms with Crippen molar-refractivity contribution in [1.82, 2.24) is 10.2 Å². The molecular weight excluding hydrogens is 352 g/mol. The summed E-state index contributed by atoms with van der Waals surface area (Å²) < 4.78 is 0. The van der Waals surface area contributed by atoms with Crippen LogP contribution < -0.4 is 5.32 Å². The smallest absolute Gasteiger partial charge is 0.317 e. The van der Waals surface area contributed by atoms with Gasteiger partial charge in [0.05, 0.1) is 12.0 Å². The Bertz CT molecular complexity index is 694. The highest BCUT2D eigenvalue weighted by molar-refractivity contribution is 6.30. The molecule has 1 heterocycles. The standard InChI is InChI=1S/C20H25ClN2O3/c21-17-8-6-15(7-9-17)10-20(13-23(14-20)12-18(24)25)19(26)22-11-16-4-2-1-3-5-16/h4,6-9H,1-3,5,10-14H2,(H,22,26)(H,24,25). The van der Waals surface area contributed by atoms with Crippen molar-refractivity contribution in [1.29, 1.82) is 0 Å². The number of likely N-dealkylation sites (tertiary alicyclic amines) is 1. The van der Waals surface area contributed by atoms with Crippen molar-refractivity contribution < 1.29 is 14.7 Å². The Kier molecular flexibility index (Phi) is 5.99. The van der Waals surface area contributed by atoms with Gasteiger partial charge >= 0.3 is 5.97 Å². The molecule has 0 saturated carbocycles. The lowest BCUT2D eigenvalue weighted by Crippen LogP contribution is -2.65. The molecule has 0 bridgehead atoms. The van der Waals surface area contributed by atoms with Gasteiger partial charge in [-0.15, -0.1) is 0 Å². The SMILES string of the molecule is O=C(O)CN1CC(Cc2ccc(Cl)cc2)(C(=O)NCC2=CCCCC2)C1. The van der Waals surface area contributed by atoms with Gasteiger partial charge in [-0.05, 0) is 49.8 Å². The van der Waals surface area contributed by atoms with Gasteiger partial charge < -0.3 is 10.4 Å². The quantitative estimate of drug-likeness (QED) is 0.718. The maximum Gasteiger partial charge on any atom is 0.317 e. The van der Waals surface area contributed by atoms with E-state index in [-0.39, 0.29) is 12.5 Å². The molecule has 5 nitrogen and oxygen atoms in total. The van der Waals surface area contributed by atoms with Gasteiger partial charge in [0, 0.05) is 24.7 Å². The van der Waals surface area contributed by atoms with Crippen molar-refractivity contribution in [3.05, 3.63) is 46.5 Å². The van der Waals surface area contributed by atoms with E-state index in [1.54, 1.807) is 4.90 Å². The molecule has 6 heteroatoms. The van der Waals surface area contributed by atoms with Crippen LogP contribution in [0.15, 0.2) is 35.9 Å². The monoisotopic (exact) mass is 376 g/mol. The largest absolute Gasteiger partial charge is 0.480 e. The molecule has 1 saturated heterocycles. The predicted octanol–water partition coefficient (Wildman–Crippen LogP) is 2.89. The number of hydrogen-bond donors (Lipinski definition) is 2. The van der Waals surface area contributed by atoms with Crippen LogP contribution in [0.25, 0.3) is 0 Å². The number of benzene rings is 1. The molecule has 0 aromatic heterocycles. The number of allylic oxidation sites excluding steroid dienone is 1. The average molecular weight is 377 g/mol. The van der Waals surface area contributed by atoms with Crippen molar-refractivity contribution in [3.63, 3.8) is 0 Å². The Hall–Kier alpha value is -1.85. The zero-order valence-electron chi connectivity index (χ0n) is 14.8. The Labute approximate surface area is 159 Å². The van der Waals surface area contributed by atoms with Crippen LogP contribution in [0.5, 0.6) is 0 Å². The highest BCUT2D eigenvalue weighted by Crippen LogP contribution is 2.35. The highest BCUT2D eigenvalue weighted by atomic mass is 35.5.